The molecule has 2 aliphatic heterocycles. The standard InChI is InChI=1S/C25H33N5O6S2/c1-2-12-36-28-24(26)22-9-6-18(37-22)15-27-23(31)16-30-11-4-3-5-20(25(30)32)29-38(33,34)19-7-8-21-17(14-19)10-13-35-21/h6-9,14,20,29H,2-5,10-13,15-16H2,1H3,(H2,26,28)(H,27,31). The Bertz CT molecular complexity index is 1290. The van der Waals surface area contributed by atoms with Crippen LogP contribution in [0.4, 0.5) is 0 Å². The molecule has 1 atom stereocenters. The van der Waals surface area contributed by atoms with E-state index < -0.39 is 22.0 Å². The fourth-order valence-electron chi connectivity index (χ4n) is 4.23. The summed E-state index contributed by atoms with van der Waals surface area (Å²) in [7, 11) is -3.92. The van der Waals surface area contributed by atoms with Crippen molar-refractivity contribution in [3.8, 4) is 5.75 Å². The summed E-state index contributed by atoms with van der Waals surface area (Å²) in [4.78, 5) is 34.1. The lowest BCUT2D eigenvalue weighted by molar-refractivity contribution is -0.136. The van der Waals surface area contributed by atoms with E-state index in [1.807, 2.05) is 19.1 Å². The molecule has 1 fully saturated rings. The van der Waals surface area contributed by atoms with Crippen molar-refractivity contribution in [3.63, 3.8) is 0 Å². The number of rotatable bonds is 11. The highest BCUT2D eigenvalue weighted by atomic mass is 32.2. The second-order valence-electron chi connectivity index (χ2n) is 9.15. The molecule has 0 spiro atoms. The Morgan fingerprint density at radius 3 is 2.95 bits per heavy atom. The normalized spacial score (nSPS) is 18.0. The first-order chi connectivity index (χ1) is 18.3. The maximum atomic E-state index is 13.2. The molecular formula is C25H33N5O6S2. The van der Waals surface area contributed by atoms with E-state index in [0.29, 0.717) is 51.2 Å². The number of hydrogen-bond acceptors (Lipinski definition) is 8. The highest BCUT2D eigenvalue weighted by molar-refractivity contribution is 7.89. The maximum Gasteiger partial charge on any atom is 0.241 e. The van der Waals surface area contributed by atoms with E-state index in [2.05, 4.69) is 15.2 Å². The van der Waals surface area contributed by atoms with Crippen molar-refractivity contribution in [1.29, 1.82) is 0 Å². The van der Waals surface area contributed by atoms with Crippen LogP contribution in [0.3, 0.4) is 0 Å². The first-order valence-corrected chi connectivity index (χ1v) is 14.9. The molecule has 11 nitrogen and oxygen atoms in total. The molecule has 38 heavy (non-hydrogen) atoms. The molecule has 0 saturated carbocycles. The van der Waals surface area contributed by atoms with Crippen LogP contribution < -0.4 is 20.5 Å². The zero-order valence-corrected chi connectivity index (χ0v) is 22.9. The lowest BCUT2D eigenvalue weighted by Gasteiger charge is -2.24. The summed E-state index contributed by atoms with van der Waals surface area (Å²) in [6, 6.07) is 7.42. The molecule has 1 unspecified atom stereocenters. The largest absolute Gasteiger partial charge is 0.493 e. The van der Waals surface area contributed by atoms with Gasteiger partial charge in [-0.15, -0.1) is 11.3 Å². The average Bonchev–Trinajstić information content (AvgIpc) is 3.54. The van der Waals surface area contributed by atoms with Gasteiger partial charge in [-0.2, -0.15) is 4.72 Å². The number of nitrogens with two attached hydrogens (primary N) is 1. The summed E-state index contributed by atoms with van der Waals surface area (Å²) >= 11 is 1.39. The average molecular weight is 564 g/mol. The second-order valence-corrected chi connectivity index (χ2v) is 12.0. The topological polar surface area (TPSA) is 152 Å². The van der Waals surface area contributed by atoms with Gasteiger partial charge in [0.15, 0.2) is 5.84 Å². The van der Waals surface area contributed by atoms with E-state index in [4.69, 9.17) is 15.3 Å². The van der Waals surface area contributed by atoms with Gasteiger partial charge in [-0.25, -0.2) is 8.42 Å². The van der Waals surface area contributed by atoms with Gasteiger partial charge in [0.2, 0.25) is 21.8 Å². The molecule has 13 heteroatoms. The zero-order valence-electron chi connectivity index (χ0n) is 21.3. The van der Waals surface area contributed by atoms with Crippen molar-refractivity contribution in [2.24, 2.45) is 10.9 Å². The van der Waals surface area contributed by atoms with Crippen molar-refractivity contribution in [1.82, 2.24) is 14.9 Å². The molecule has 4 rings (SSSR count). The van der Waals surface area contributed by atoms with Gasteiger partial charge in [0.25, 0.3) is 0 Å². The van der Waals surface area contributed by atoms with Crippen molar-refractivity contribution >= 4 is 39.0 Å². The van der Waals surface area contributed by atoms with E-state index in [1.54, 1.807) is 12.1 Å². The van der Waals surface area contributed by atoms with Crippen LogP contribution in [0.5, 0.6) is 5.75 Å². The Hall–Kier alpha value is -3.16. The molecule has 1 aromatic carbocycles. The van der Waals surface area contributed by atoms with Gasteiger partial charge >= 0.3 is 0 Å². The number of likely N-dealkylation sites (tertiary alicyclic amines) is 1. The summed E-state index contributed by atoms with van der Waals surface area (Å²) in [6.07, 6.45) is 3.19. The highest BCUT2D eigenvalue weighted by Crippen LogP contribution is 2.28. The number of thiophene rings is 1. The Balaban J connectivity index is 1.32. The molecule has 1 saturated heterocycles. The van der Waals surface area contributed by atoms with Gasteiger partial charge < -0.3 is 25.5 Å². The number of sulfonamides is 1. The minimum atomic E-state index is -3.92. The summed E-state index contributed by atoms with van der Waals surface area (Å²) < 4.78 is 34.1. The second kappa shape index (κ2) is 12.6. The summed E-state index contributed by atoms with van der Waals surface area (Å²) in [5.41, 5.74) is 6.76. The molecule has 3 heterocycles. The minimum absolute atomic E-state index is 0.0982. The van der Waals surface area contributed by atoms with Gasteiger partial charge in [-0.05, 0) is 61.6 Å². The molecule has 2 aliphatic rings. The molecular weight excluding hydrogens is 530 g/mol. The Morgan fingerprint density at radius 2 is 2.13 bits per heavy atom. The summed E-state index contributed by atoms with van der Waals surface area (Å²) in [6.45, 7) is 3.48. The lowest BCUT2D eigenvalue weighted by Crippen LogP contribution is -2.49. The maximum absolute atomic E-state index is 13.2. The SMILES string of the molecule is CCCO/N=C(\N)c1ccc(CNC(=O)CN2CCCCC(NS(=O)(=O)c3ccc4c(c3)CCO4)C2=O)s1. The first kappa shape index (κ1) is 27.9. The minimum Gasteiger partial charge on any atom is -0.493 e. The molecule has 1 aromatic heterocycles. The third-order valence-electron chi connectivity index (χ3n) is 6.22. The van der Waals surface area contributed by atoms with E-state index in [9.17, 15) is 18.0 Å². The molecule has 0 radical (unpaired) electrons. The van der Waals surface area contributed by atoms with Crippen molar-refractivity contribution in [3.05, 3.63) is 45.6 Å². The quantitative estimate of drug-likeness (QED) is 0.163. The summed E-state index contributed by atoms with van der Waals surface area (Å²) in [5, 5.41) is 6.69. The van der Waals surface area contributed by atoms with Crippen LogP contribution in [0.2, 0.25) is 0 Å². The summed E-state index contributed by atoms with van der Waals surface area (Å²) in [5.74, 6) is 0.226. The predicted molar refractivity (Wildman–Crippen MR) is 143 cm³/mol. The van der Waals surface area contributed by atoms with Gasteiger partial charge in [-0.1, -0.05) is 12.1 Å². The highest BCUT2D eigenvalue weighted by Gasteiger charge is 2.32. The van der Waals surface area contributed by atoms with Gasteiger partial charge in [0.1, 0.15) is 18.4 Å². The Labute approximate surface area is 226 Å². The number of carbonyl (C=O) groups excluding carboxylic acids is 2. The lowest BCUT2D eigenvalue weighted by atomic mass is 10.1. The van der Waals surface area contributed by atoms with Gasteiger partial charge in [0.05, 0.1) is 29.5 Å². The number of nitrogens with zero attached hydrogens (tertiary/aromatic N) is 2. The number of hydrogen-bond donors (Lipinski definition) is 3. The zero-order chi connectivity index (χ0) is 27.1. The number of carbonyl (C=O) groups is 2. The fourth-order valence-corrected chi connectivity index (χ4v) is 6.35. The number of benzene rings is 1. The van der Waals surface area contributed by atoms with Crippen LogP contribution in [0, 0.1) is 0 Å². The van der Waals surface area contributed by atoms with E-state index in [0.717, 1.165) is 21.7 Å². The van der Waals surface area contributed by atoms with E-state index in [-0.39, 0.29) is 29.7 Å². The predicted octanol–water partition coefficient (Wildman–Crippen LogP) is 1.71. The van der Waals surface area contributed by atoms with Gasteiger partial charge in [-0.3, -0.25) is 9.59 Å². The van der Waals surface area contributed by atoms with Crippen molar-refractivity contribution in [2.75, 3.05) is 26.3 Å². The van der Waals surface area contributed by atoms with Crippen molar-refractivity contribution in [2.45, 2.75) is 56.5 Å². The third-order valence-corrected chi connectivity index (χ3v) is 8.79. The number of fused-ring (bicyclic) bond motifs is 1. The van der Waals surface area contributed by atoms with Crippen LogP contribution in [-0.2, 0) is 37.4 Å². The fraction of sp³-hybridized carbons (Fsp3) is 0.480. The molecule has 206 valence electrons. The Kier molecular flexibility index (Phi) is 9.23. The Morgan fingerprint density at radius 1 is 1.29 bits per heavy atom. The number of oxime groups is 1. The number of amides is 2. The van der Waals surface area contributed by atoms with Crippen LogP contribution >= 0.6 is 11.3 Å². The van der Waals surface area contributed by atoms with Crippen LogP contribution in [0.25, 0.3) is 0 Å². The molecule has 2 aromatic rings. The number of nitrogens with one attached hydrogen (secondary N) is 2. The van der Waals surface area contributed by atoms with Crippen molar-refractivity contribution < 1.29 is 27.6 Å². The smallest absolute Gasteiger partial charge is 0.241 e. The van der Waals surface area contributed by atoms with E-state index >= 15 is 0 Å². The van der Waals surface area contributed by atoms with E-state index in [1.165, 1.54) is 22.3 Å². The monoisotopic (exact) mass is 563 g/mol. The van der Waals surface area contributed by atoms with Gasteiger partial charge in [0, 0.05) is 17.8 Å². The molecule has 0 bridgehead atoms. The number of ether oxygens (including phenoxy) is 1. The van der Waals surface area contributed by atoms with Crippen LogP contribution in [0.15, 0.2) is 40.4 Å². The number of amidine groups is 1. The first-order valence-electron chi connectivity index (χ1n) is 12.6. The van der Waals surface area contributed by atoms with Crippen LogP contribution in [-0.4, -0.2) is 63.3 Å². The molecule has 2 amide bonds. The molecule has 4 N–H and O–H groups in total. The molecule has 0 aliphatic carbocycles. The third kappa shape index (κ3) is 7.03. The van der Waals surface area contributed by atoms with Crippen LogP contribution in [0.1, 0.15) is 47.9 Å².